The maximum absolute atomic E-state index is 9.09. The number of benzene rings is 1. The number of nitrogens with two attached hydrogens (primary N) is 1. The van der Waals surface area contributed by atoms with Crippen molar-refractivity contribution in [2.45, 2.75) is 44.0 Å². The van der Waals surface area contributed by atoms with E-state index in [9.17, 15) is 0 Å². The van der Waals surface area contributed by atoms with Gasteiger partial charge in [0.25, 0.3) is 0 Å². The van der Waals surface area contributed by atoms with Crippen LogP contribution in [-0.4, -0.2) is 74.3 Å². The number of piperidine rings is 1. The molecule has 5 rings (SSSR count). The highest BCUT2D eigenvalue weighted by molar-refractivity contribution is 6.30. The fourth-order valence-corrected chi connectivity index (χ4v) is 5.07. The van der Waals surface area contributed by atoms with Gasteiger partial charge in [0.15, 0.2) is 0 Å². The van der Waals surface area contributed by atoms with Gasteiger partial charge in [0.05, 0.1) is 31.0 Å². The predicted molar refractivity (Wildman–Crippen MR) is 128 cm³/mol. The number of halogens is 1. The fourth-order valence-electron chi connectivity index (χ4n) is 4.94. The van der Waals surface area contributed by atoms with Gasteiger partial charge in [-0.2, -0.15) is 15.3 Å². The molecule has 0 radical (unpaired) electrons. The van der Waals surface area contributed by atoms with Crippen LogP contribution < -0.4 is 10.6 Å². The van der Waals surface area contributed by atoms with Crippen molar-refractivity contribution in [3.63, 3.8) is 0 Å². The molecule has 2 fully saturated rings. The molecule has 0 bridgehead atoms. The number of nitrogens with one attached hydrogen (secondary N) is 1. The SMILES string of the molecule is N#Cc1cnn(C[C@H]2CN(C3CCN(c4n[nH]c(N)n4)CC3)[C@@H](Cc3ccc(Cl)cc3)CO2)c1. The van der Waals surface area contributed by atoms with Crippen molar-refractivity contribution in [3.8, 4) is 6.07 Å². The Bertz CT molecular complexity index is 1130. The largest absolute Gasteiger partial charge is 0.373 e. The van der Waals surface area contributed by atoms with Crippen LogP contribution in [0.1, 0.15) is 24.0 Å². The van der Waals surface area contributed by atoms with Crippen LogP contribution in [0.25, 0.3) is 0 Å². The van der Waals surface area contributed by atoms with Gasteiger partial charge in [-0.15, -0.1) is 5.10 Å². The van der Waals surface area contributed by atoms with Crippen molar-refractivity contribution in [1.29, 1.82) is 5.26 Å². The van der Waals surface area contributed by atoms with Crippen LogP contribution in [0.2, 0.25) is 5.02 Å². The Morgan fingerprint density at radius 1 is 1.24 bits per heavy atom. The smallest absolute Gasteiger partial charge is 0.246 e. The lowest BCUT2D eigenvalue weighted by Gasteiger charge is -2.46. The molecule has 0 unspecified atom stereocenters. The zero-order chi connectivity index (χ0) is 23.5. The number of nitrogen functional groups attached to an aromatic ring is 1. The highest BCUT2D eigenvalue weighted by Gasteiger charge is 2.36. The number of ether oxygens (including phenoxy) is 1. The molecule has 1 aromatic carbocycles. The average Bonchev–Trinajstić information content (AvgIpc) is 3.50. The predicted octanol–water partition coefficient (Wildman–Crippen LogP) is 2.09. The van der Waals surface area contributed by atoms with Crippen molar-refractivity contribution < 1.29 is 4.74 Å². The van der Waals surface area contributed by atoms with Crippen LogP contribution in [0.4, 0.5) is 11.9 Å². The summed E-state index contributed by atoms with van der Waals surface area (Å²) in [5.74, 6) is 1.01. The zero-order valence-corrected chi connectivity index (χ0v) is 19.6. The van der Waals surface area contributed by atoms with Gasteiger partial charge in [-0.05, 0) is 37.0 Å². The first-order valence-electron chi connectivity index (χ1n) is 11.5. The van der Waals surface area contributed by atoms with E-state index < -0.39 is 0 Å². The molecule has 2 aromatic heterocycles. The van der Waals surface area contributed by atoms with Crippen LogP contribution in [0.15, 0.2) is 36.7 Å². The van der Waals surface area contributed by atoms with Crippen molar-refractivity contribution in [3.05, 3.63) is 52.8 Å². The maximum atomic E-state index is 9.09. The van der Waals surface area contributed by atoms with Crippen molar-refractivity contribution in [1.82, 2.24) is 29.9 Å². The number of anilines is 2. The van der Waals surface area contributed by atoms with Gasteiger partial charge < -0.3 is 15.4 Å². The number of H-pyrrole nitrogens is 1. The monoisotopic (exact) mass is 481 g/mol. The molecule has 34 heavy (non-hydrogen) atoms. The number of aromatic nitrogens is 5. The van der Waals surface area contributed by atoms with Crippen molar-refractivity contribution in [2.75, 3.05) is 36.9 Å². The number of nitrogens with zero attached hydrogens (tertiary/aromatic N) is 7. The molecule has 0 spiro atoms. The van der Waals surface area contributed by atoms with Gasteiger partial charge in [-0.25, -0.2) is 5.10 Å². The van der Waals surface area contributed by atoms with E-state index in [0.29, 0.717) is 36.7 Å². The standard InChI is InChI=1S/C23H28ClN9O/c24-18-3-1-16(2-4-18)9-20-15-34-21(13-32-12-17(10-25)11-27-32)14-33(20)19-5-7-31(8-6-19)23-28-22(26)29-30-23/h1-4,11-12,19-21H,5-9,13-15H2,(H3,26,28,29,30)/t20-,21-/m0/s1. The van der Waals surface area contributed by atoms with E-state index in [1.807, 2.05) is 12.1 Å². The summed E-state index contributed by atoms with van der Waals surface area (Å²) in [5, 5.41) is 21.1. The van der Waals surface area contributed by atoms with Crippen LogP contribution in [0.5, 0.6) is 0 Å². The van der Waals surface area contributed by atoms with Gasteiger partial charge in [0, 0.05) is 42.9 Å². The third-order valence-corrected chi connectivity index (χ3v) is 6.90. The number of morpholine rings is 1. The van der Waals surface area contributed by atoms with Gasteiger partial charge in [0.1, 0.15) is 6.07 Å². The Balaban J connectivity index is 1.28. The quantitative estimate of drug-likeness (QED) is 0.548. The molecule has 0 amide bonds. The van der Waals surface area contributed by atoms with Crippen molar-refractivity contribution >= 4 is 23.5 Å². The Morgan fingerprint density at radius 2 is 2.03 bits per heavy atom. The van der Waals surface area contributed by atoms with Crippen molar-refractivity contribution in [2.24, 2.45) is 0 Å². The topological polar surface area (TPSA) is 125 Å². The molecule has 2 aliphatic rings. The summed E-state index contributed by atoms with van der Waals surface area (Å²) in [7, 11) is 0. The molecule has 3 N–H and O–H groups in total. The summed E-state index contributed by atoms with van der Waals surface area (Å²) >= 11 is 6.09. The minimum absolute atomic E-state index is 0.0127. The summed E-state index contributed by atoms with van der Waals surface area (Å²) < 4.78 is 8.09. The second-order valence-electron chi connectivity index (χ2n) is 8.94. The highest BCUT2D eigenvalue weighted by Crippen LogP contribution is 2.27. The van der Waals surface area contributed by atoms with Gasteiger partial charge in [0.2, 0.25) is 11.9 Å². The van der Waals surface area contributed by atoms with Gasteiger partial charge in [-0.3, -0.25) is 9.58 Å². The van der Waals surface area contributed by atoms with Crippen LogP contribution in [-0.2, 0) is 17.7 Å². The van der Waals surface area contributed by atoms with Crippen LogP contribution in [0, 0.1) is 11.3 Å². The summed E-state index contributed by atoms with van der Waals surface area (Å²) in [6.07, 6.45) is 6.31. The van der Waals surface area contributed by atoms with Crippen LogP contribution >= 0.6 is 11.6 Å². The summed E-state index contributed by atoms with van der Waals surface area (Å²) in [6, 6.07) is 10.9. The molecule has 10 nitrogen and oxygen atoms in total. The summed E-state index contributed by atoms with van der Waals surface area (Å²) in [6.45, 7) is 3.85. The Hall–Kier alpha value is -3.13. The molecule has 178 valence electrons. The molecule has 0 saturated carbocycles. The van der Waals surface area contributed by atoms with E-state index in [0.717, 1.165) is 43.9 Å². The second kappa shape index (κ2) is 10.0. The molecule has 3 aromatic rings. The molecule has 0 aliphatic carbocycles. The summed E-state index contributed by atoms with van der Waals surface area (Å²) in [4.78, 5) is 9.07. The van der Waals surface area contributed by atoms with E-state index in [2.05, 4.69) is 48.3 Å². The number of hydrogen-bond donors (Lipinski definition) is 2. The minimum atomic E-state index is 0.0127. The Morgan fingerprint density at radius 3 is 2.71 bits per heavy atom. The number of aromatic amines is 1. The fraction of sp³-hybridized carbons (Fsp3) is 0.478. The number of nitriles is 1. The molecule has 11 heteroatoms. The molecule has 2 aliphatic heterocycles. The highest BCUT2D eigenvalue weighted by atomic mass is 35.5. The molecule has 2 saturated heterocycles. The van der Waals surface area contributed by atoms with E-state index >= 15 is 0 Å². The van der Waals surface area contributed by atoms with Gasteiger partial charge in [-0.1, -0.05) is 23.7 Å². The van der Waals surface area contributed by atoms with E-state index in [-0.39, 0.29) is 12.1 Å². The Labute approximate surface area is 203 Å². The van der Waals surface area contributed by atoms with E-state index in [1.165, 1.54) is 5.56 Å². The normalized spacial score (nSPS) is 22.1. The number of hydrogen-bond acceptors (Lipinski definition) is 8. The maximum Gasteiger partial charge on any atom is 0.246 e. The molecule has 2 atom stereocenters. The minimum Gasteiger partial charge on any atom is -0.373 e. The first kappa shape index (κ1) is 22.7. The van der Waals surface area contributed by atoms with E-state index in [4.69, 9.17) is 27.3 Å². The third kappa shape index (κ3) is 5.17. The Kier molecular flexibility index (Phi) is 6.67. The van der Waals surface area contributed by atoms with E-state index in [1.54, 1.807) is 17.1 Å². The lowest BCUT2D eigenvalue weighted by molar-refractivity contribution is -0.0883. The zero-order valence-electron chi connectivity index (χ0n) is 18.8. The molecular formula is C23H28ClN9O. The van der Waals surface area contributed by atoms with Gasteiger partial charge >= 0.3 is 0 Å². The second-order valence-corrected chi connectivity index (χ2v) is 9.37. The lowest BCUT2D eigenvalue weighted by atomic mass is 9.96. The summed E-state index contributed by atoms with van der Waals surface area (Å²) in [5.41, 5.74) is 7.52. The molecule has 4 heterocycles. The first-order chi connectivity index (χ1) is 16.6. The number of rotatable bonds is 6. The van der Waals surface area contributed by atoms with Crippen LogP contribution in [0.3, 0.4) is 0 Å². The average molecular weight is 482 g/mol. The lowest BCUT2D eigenvalue weighted by Crippen LogP contribution is -2.57. The molecular weight excluding hydrogens is 454 g/mol. The third-order valence-electron chi connectivity index (χ3n) is 6.65. The first-order valence-corrected chi connectivity index (χ1v) is 11.9.